The molecule has 3 heterocycles. The molecule has 23 nitrogen and oxygen atoms in total. The summed E-state index contributed by atoms with van der Waals surface area (Å²) < 4.78 is 81.4. The van der Waals surface area contributed by atoms with Crippen LogP contribution in [0.3, 0.4) is 0 Å². The Bertz CT molecular complexity index is 2310. The van der Waals surface area contributed by atoms with Crippen molar-refractivity contribution in [1.29, 1.82) is 0 Å². The summed E-state index contributed by atoms with van der Waals surface area (Å²) in [4.78, 5) is 54.2. The zero-order valence-electron chi connectivity index (χ0n) is 54.4. The maximum absolute atomic E-state index is 14.2. The quantitative estimate of drug-likeness (QED) is 0.0236. The summed E-state index contributed by atoms with van der Waals surface area (Å²) in [6, 6.07) is 2.19. The molecule has 500 valence electrons. The normalized spacial score (nSPS) is 33.9. The monoisotopic (exact) mass is 1250 g/mol. The SMILES string of the molecule is CCC(=O)OC1C(OC2C(C)C(OC3CC(C)(OC)C(O)C(C)O3)C(C)C(=O)OC(CC)C(C)(O)C(O)C(C)C(=O)C(C)CC2(C)O)OC(C)CC1N(C)C.CCCCCCCCCCCCOS(=O)(=O)O.CCOC(=O)c1c(C)cc(O)cc1O. The van der Waals surface area contributed by atoms with E-state index in [0.717, 1.165) is 18.9 Å². The van der Waals surface area contributed by atoms with Gasteiger partial charge in [0.05, 0.1) is 66.9 Å². The number of Topliss-reactive ketones (excluding diaryl/α,β-unsaturated/α-hetero) is 1. The van der Waals surface area contributed by atoms with Crippen molar-refractivity contribution in [2.75, 3.05) is 34.4 Å². The van der Waals surface area contributed by atoms with Gasteiger partial charge in [-0.2, -0.15) is 8.42 Å². The number of ether oxygens (including phenoxy) is 8. The maximum atomic E-state index is 14.2. The number of nitrogens with zero attached hydrogens (tertiary/aromatic N) is 1. The van der Waals surface area contributed by atoms with E-state index in [1.807, 2.05) is 25.9 Å². The summed E-state index contributed by atoms with van der Waals surface area (Å²) >= 11 is 0. The molecule has 0 radical (unpaired) electrons. The fraction of sp³-hybridized carbons (Fsp3) is 0.839. The number of methoxy groups -OCH3 is 1. The lowest BCUT2D eigenvalue weighted by atomic mass is 9.74. The number of aromatic hydroxyl groups is 2. The molecule has 24 heteroatoms. The van der Waals surface area contributed by atoms with Crippen LogP contribution in [0.15, 0.2) is 12.1 Å². The number of rotatable bonds is 23. The van der Waals surface area contributed by atoms with Gasteiger partial charge in [-0.1, -0.05) is 99.3 Å². The van der Waals surface area contributed by atoms with Crippen molar-refractivity contribution in [1.82, 2.24) is 4.90 Å². The number of cyclic esters (lactones) is 1. The number of aliphatic hydroxyl groups excluding tert-OH is 2. The molecule has 0 bridgehead atoms. The number of likely N-dealkylation sites (N-methyl/N-ethyl adjacent to an activating group) is 1. The number of benzene rings is 1. The molecule has 18 atom stereocenters. The highest BCUT2D eigenvalue weighted by Crippen LogP contribution is 2.41. The highest BCUT2D eigenvalue weighted by Gasteiger charge is 2.54. The van der Waals surface area contributed by atoms with Crippen LogP contribution >= 0.6 is 0 Å². The highest BCUT2D eigenvalue weighted by atomic mass is 32.3. The van der Waals surface area contributed by atoms with E-state index in [1.54, 1.807) is 62.3 Å². The second-order valence-corrected chi connectivity index (χ2v) is 25.7. The van der Waals surface area contributed by atoms with Gasteiger partial charge in [0.25, 0.3) is 0 Å². The first-order chi connectivity index (χ1) is 40.0. The van der Waals surface area contributed by atoms with Crippen molar-refractivity contribution in [3.8, 4) is 11.5 Å². The van der Waals surface area contributed by atoms with Crippen LogP contribution in [0, 0.1) is 30.6 Å². The first kappa shape index (κ1) is 78.5. The molecular weight excluding hydrogens is 1140 g/mol. The van der Waals surface area contributed by atoms with Crippen LogP contribution in [0.5, 0.6) is 11.5 Å². The zero-order valence-corrected chi connectivity index (χ0v) is 55.3. The second-order valence-electron chi connectivity index (χ2n) is 24.6. The van der Waals surface area contributed by atoms with Crippen LogP contribution in [0.25, 0.3) is 0 Å². The Morgan fingerprint density at radius 2 is 1.37 bits per heavy atom. The summed E-state index contributed by atoms with van der Waals surface area (Å²) in [5, 5.41) is 65.1. The lowest BCUT2D eigenvalue weighted by Crippen LogP contribution is -2.61. The second kappa shape index (κ2) is 36.3. The van der Waals surface area contributed by atoms with Gasteiger partial charge in [-0.3, -0.25) is 18.9 Å². The zero-order chi connectivity index (χ0) is 65.7. The molecule has 0 amide bonds. The van der Waals surface area contributed by atoms with Crippen LogP contribution in [0.4, 0.5) is 0 Å². The number of esters is 3. The first-order valence-corrected chi connectivity index (χ1v) is 32.2. The van der Waals surface area contributed by atoms with Gasteiger partial charge >= 0.3 is 28.3 Å². The Morgan fingerprint density at radius 3 is 1.88 bits per heavy atom. The highest BCUT2D eigenvalue weighted by molar-refractivity contribution is 7.80. The van der Waals surface area contributed by atoms with Gasteiger partial charge in [0.15, 0.2) is 18.7 Å². The van der Waals surface area contributed by atoms with E-state index in [9.17, 15) is 53.1 Å². The largest absolute Gasteiger partial charge is 0.508 e. The van der Waals surface area contributed by atoms with Gasteiger partial charge < -0.3 is 73.4 Å². The topological polar surface area (TPSA) is 330 Å². The molecule has 1 aromatic carbocycles. The van der Waals surface area contributed by atoms with E-state index in [1.165, 1.54) is 78.9 Å². The fourth-order valence-electron chi connectivity index (χ4n) is 11.7. The van der Waals surface area contributed by atoms with Gasteiger partial charge in [0.1, 0.15) is 40.7 Å². The molecule has 3 aliphatic rings. The number of hydrogen-bond acceptors (Lipinski definition) is 22. The van der Waals surface area contributed by atoms with Gasteiger partial charge in [-0.25, -0.2) is 8.98 Å². The van der Waals surface area contributed by atoms with E-state index in [-0.39, 0.29) is 68.1 Å². The standard InChI is InChI=1S/C40H71NO14.C12H26O4S.C10H12O4/c1-15-27-40(11,48)33(44)22(5)30(43)20(3)18-38(9,47)35(55-37-32(53-28(42)16-2)26(41(12)13)17-21(4)50-37)23(6)31(24(7)36(46)52-27)54-29-19-39(10,49-14)34(45)25(8)51-29;1-2-3-4-5-6-7-8-9-10-11-12-16-17(13,14)15;1-3-14-10(13)9-6(2)4-7(11)5-8(9)12/h20-27,29,31-35,37,44-45,47-48H,15-19H2,1-14H3;2-12H2,1H3,(H,13,14,15);4-5,11-12H,3H2,1-2H3. The lowest BCUT2D eigenvalue weighted by Gasteiger charge is -2.49. The predicted octanol–water partition coefficient (Wildman–Crippen LogP) is 8.06. The van der Waals surface area contributed by atoms with Crippen molar-refractivity contribution >= 4 is 34.1 Å². The number of hydrogen-bond donors (Lipinski definition) is 7. The summed E-state index contributed by atoms with van der Waals surface area (Å²) in [5.74, 6) is -6.51. The Balaban J connectivity index is 0.000000657. The number of aliphatic hydroxyl groups is 4. The summed E-state index contributed by atoms with van der Waals surface area (Å²) in [6.45, 7) is 23.9. The summed E-state index contributed by atoms with van der Waals surface area (Å²) in [5.41, 5.74) is -4.33. The summed E-state index contributed by atoms with van der Waals surface area (Å²) in [6.07, 6.45) is 2.17. The third-order valence-corrected chi connectivity index (χ3v) is 17.3. The van der Waals surface area contributed by atoms with E-state index >= 15 is 0 Å². The van der Waals surface area contributed by atoms with Crippen molar-refractivity contribution in [3.63, 3.8) is 0 Å². The number of aryl methyl sites for hydroxylation is 1. The molecule has 0 aliphatic carbocycles. The third-order valence-electron chi connectivity index (χ3n) is 16.9. The Kier molecular flexibility index (Phi) is 33.1. The molecule has 0 spiro atoms. The molecule has 3 aliphatic heterocycles. The predicted molar refractivity (Wildman–Crippen MR) is 320 cm³/mol. The van der Waals surface area contributed by atoms with Crippen LogP contribution in [-0.2, 0) is 66.9 Å². The third kappa shape index (κ3) is 23.6. The average molecular weight is 1250 g/mol. The van der Waals surface area contributed by atoms with Gasteiger partial charge in [-0.15, -0.1) is 0 Å². The van der Waals surface area contributed by atoms with Gasteiger partial charge in [0.2, 0.25) is 0 Å². The van der Waals surface area contributed by atoms with E-state index in [2.05, 4.69) is 11.1 Å². The van der Waals surface area contributed by atoms with E-state index < -0.39 is 130 Å². The van der Waals surface area contributed by atoms with Crippen LogP contribution < -0.4 is 0 Å². The summed E-state index contributed by atoms with van der Waals surface area (Å²) in [7, 11) is 0.973. The van der Waals surface area contributed by atoms with E-state index in [0.29, 0.717) is 18.4 Å². The molecular formula is C62H109NO22S. The Hall–Kier alpha value is -3.63. The minimum absolute atomic E-state index is 0.0759. The van der Waals surface area contributed by atoms with Crippen LogP contribution in [-0.4, -0.2) is 191 Å². The van der Waals surface area contributed by atoms with Crippen molar-refractivity contribution < 1.29 is 105 Å². The molecule has 0 saturated carbocycles. The molecule has 18 unspecified atom stereocenters. The van der Waals surface area contributed by atoms with Crippen molar-refractivity contribution in [3.05, 3.63) is 23.3 Å². The fourth-order valence-corrected chi connectivity index (χ4v) is 12.1. The lowest BCUT2D eigenvalue weighted by molar-refractivity contribution is -0.319. The minimum Gasteiger partial charge on any atom is -0.508 e. The molecule has 86 heavy (non-hydrogen) atoms. The molecule has 4 rings (SSSR count). The molecule has 3 saturated heterocycles. The number of phenols is 2. The average Bonchev–Trinajstić information content (AvgIpc) is 1.24. The molecule has 3 fully saturated rings. The maximum Gasteiger partial charge on any atom is 0.397 e. The number of unbranched alkanes of at least 4 members (excludes halogenated alkanes) is 9. The van der Waals surface area contributed by atoms with Crippen LogP contribution in [0.2, 0.25) is 0 Å². The number of phenolic OH excluding ortho intramolecular Hbond substituents is 2. The van der Waals surface area contributed by atoms with Gasteiger partial charge in [-0.05, 0) is 107 Å². The number of carbonyl (C=O) groups is 4. The molecule has 7 N–H and O–H groups in total. The van der Waals surface area contributed by atoms with Gasteiger partial charge in [0, 0.05) is 43.8 Å². The van der Waals surface area contributed by atoms with Crippen LogP contribution in [0.1, 0.15) is 202 Å². The number of ketones is 1. The smallest absolute Gasteiger partial charge is 0.397 e. The number of carbonyl (C=O) groups excluding carboxylic acids is 4. The van der Waals surface area contributed by atoms with Crippen molar-refractivity contribution in [2.24, 2.45) is 23.7 Å². The Labute approximate surface area is 512 Å². The Morgan fingerprint density at radius 1 is 0.791 bits per heavy atom. The molecule has 0 aromatic heterocycles. The van der Waals surface area contributed by atoms with E-state index in [4.69, 9.17) is 47.6 Å². The van der Waals surface area contributed by atoms with Crippen molar-refractivity contribution in [2.45, 2.75) is 278 Å². The first-order valence-electron chi connectivity index (χ1n) is 30.9. The minimum atomic E-state index is -4.23. The molecule has 1 aromatic rings.